The largest absolute Gasteiger partial charge is 0.397 e. The first-order valence-corrected chi connectivity index (χ1v) is 7.61. The van der Waals surface area contributed by atoms with Crippen LogP contribution in [0, 0.1) is 0 Å². The number of fused-ring (bicyclic) bond motifs is 1. The van der Waals surface area contributed by atoms with Crippen LogP contribution in [0.2, 0.25) is 0 Å². The minimum absolute atomic E-state index is 0.737. The molecule has 2 aromatic carbocycles. The maximum absolute atomic E-state index is 6.11. The number of benzene rings is 2. The van der Waals surface area contributed by atoms with Gasteiger partial charge >= 0.3 is 0 Å². The zero-order valence-electron chi connectivity index (χ0n) is 13.2. The van der Waals surface area contributed by atoms with Gasteiger partial charge in [-0.15, -0.1) is 0 Å². The summed E-state index contributed by atoms with van der Waals surface area (Å²) < 4.78 is 2.28. The average molecular weight is 294 g/mol. The standard InChI is InChI=1S/C18H22N4/c1-21(2)12-7-13-22-16-11-6-10-15(19)17(16)20-18(22)14-8-4-3-5-9-14/h3-6,8-11H,7,12-13,19H2,1-2H3. The summed E-state index contributed by atoms with van der Waals surface area (Å²) in [6.45, 7) is 1.98. The van der Waals surface area contributed by atoms with Gasteiger partial charge in [-0.1, -0.05) is 36.4 Å². The predicted molar refractivity (Wildman–Crippen MR) is 92.8 cm³/mol. The molecule has 0 radical (unpaired) electrons. The molecule has 114 valence electrons. The molecule has 0 saturated heterocycles. The highest BCUT2D eigenvalue weighted by Crippen LogP contribution is 2.28. The first kappa shape index (κ1) is 14.6. The van der Waals surface area contributed by atoms with Gasteiger partial charge in [0.05, 0.1) is 11.2 Å². The average Bonchev–Trinajstić information content (AvgIpc) is 2.88. The molecule has 0 aliphatic heterocycles. The SMILES string of the molecule is CN(C)CCCn1c(-c2ccccc2)nc2c(N)cccc21. The van der Waals surface area contributed by atoms with Crippen LogP contribution in [0.15, 0.2) is 48.5 Å². The van der Waals surface area contributed by atoms with Crippen molar-refractivity contribution in [2.24, 2.45) is 0 Å². The van der Waals surface area contributed by atoms with Crippen LogP contribution in [0.3, 0.4) is 0 Å². The van der Waals surface area contributed by atoms with Crippen molar-refractivity contribution in [3.05, 3.63) is 48.5 Å². The molecule has 0 atom stereocenters. The monoisotopic (exact) mass is 294 g/mol. The second-order valence-corrected chi connectivity index (χ2v) is 5.82. The highest BCUT2D eigenvalue weighted by Gasteiger charge is 2.13. The first-order chi connectivity index (χ1) is 10.7. The molecule has 4 heteroatoms. The van der Waals surface area contributed by atoms with E-state index >= 15 is 0 Å². The van der Waals surface area contributed by atoms with Gasteiger partial charge < -0.3 is 15.2 Å². The molecule has 2 N–H and O–H groups in total. The van der Waals surface area contributed by atoms with E-state index in [0.29, 0.717) is 0 Å². The Morgan fingerprint density at radius 3 is 2.55 bits per heavy atom. The van der Waals surface area contributed by atoms with Crippen LogP contribution in [0.1, 0.15) is 6.42 Å². The van der Waals surface area contributed by atoms with E-state index in [1.807, 2.05) is 30.3 Å². The highest BCUT2D eigenvalue weighted by molar-refractivity contribution is 5.90. The quantitative estimate of drug-likeness (QED) is 0.735. The van der Waals surface area contributed by atoms with E-state index in [1.165, 1.54) is 0 Å². The third kappa shape index (κ3) is 2.83. The number of aromatic nitrogens is 2. The predicted octanol–water partition coefficient (Wildman–Crippen LogP) is 3.24. The summed E-state index contributed by atoms with van der Waals surface area (Å²) in [5.41, 5.74) is 9.98. The lowest BCUT2D eigenvalue weighted by Gasteiger charge is -2.12. The normalized spacial score (nSPS) is 11.4. The van der Waals surface area contributed by atoms with Crippen LogP contribution in [-0.4, -0.2) is 35.1 Å². The minimum atomic E-state index is 0.737. The Hall–Kier alpha value is -2.33. The Kier molecular flexibility index (Phi) is 4.11. The Morgan fingerprint density at radius 1 is 1.05 bits per heavy atom. The number of aryl methyl sites for hydroxylation is 1. The maximum atomic E-state index is 6.11. The van der Waals surface area contributed by atoms with Crippen molar-refractivity contribution < 1.29 is 0 Å². The lowest BCUT2D eigenvalue weighted by molar-refractivity contribution is 0.388. The van der Waals surface area contributed by atoms with Crippen molar-refractivity contribution in [2.45, 2.75) is 13.0 Å². The van der Waals surface area contributed by atoms with Crippen molar-refractivity contribution in [2.75, 3.05) is 26.4 Å². The molecule has 0 unspecified atom stereocenters. The number of nitrogens with zero attached hydrogens (tertiary/aromatic N) is 3. The number of para-hydroxylation sites is 1. The third-order valence-corrected chi connectivity index (χ3v) is 3.83. The Labute approximate surface area is 131 Å². The summed E-state index contributed by atoms with van der Waals surface area (Å²) in [4.78, 5) is 7.01. The molecular weight excluding hydrogens is 272 g/mol. The lowest BCUT2D eigenvalue weighted by atomic mass is 10.2. The van der Waals surface area contributed by atoms with Gasteiger partial charge in [-0.3, -0.25) is 0 Å². The van der Waals surface area contributed by atoms with Crippen LogP contribution in [0.25, 0.3) is 22.4 Å². The van der Waals surface area contributed by atoms with Gasteiger partial charge in [0.15, 0.2) is 0 Å². The molecule has 3 rings (SSSR count). The van der Waals surface area contributed by atoms with Crippen molar-refractivity contribution in [1.29, 1.82) is 0 Å². The van der Waals surface area contributed by atoms with Crippen LogP contribution in [0.5, 0.6) is 0 Å². The molecule has 0 amide bonds. The maximum Gasteiger partial charge on any atom is 0.141 e. The van der Waals surface area contributed by atoms with E-state index < -0.39 is 0 Å². The number of hydrogen-bond donors (Lipinski definition) is 1. The Balaban J connectivity index is 2.07. The van der Waals surface area contributed by atoms with Gasteiger partial charge in [-0.2, -0.15) is 0 Å². The molecule has 0 aliphatic rings. The highest BCUT2D eigenvalue weighted by atomic mass is 15.1. The smallest absolute Gasteiger partial charge is 0.141 e. The second kappa shape index (κ2) is 6.20. The summed E-state index contributed by atoms with van der Waals surface area (Å²) in [5.74, 6) is 0.993. The number of hydrogen-bond acceptors (Lipinski definition) is 3. The second-order valence-electron chi connectivity index (χ2n) is 5.82. The van der Waals surface area contributed by atoms with Crippen LogP contribution < -0.4 is 5.73 Å². The van der Waals surface area contributed by atoms with Gasteiger partial charge in [-0.05, 0) is 39.2 Å². The first-order valence-electron chi connectivity index (χ1n) is 7.61. The van der Waals surface area contributed by atoms with Crippen molar-refractivity contribution in [3.63, 3.8) is 0 Å². The van der Waals surface area contributed by atoms with Crippen molar-refractivity contribution in [3.8, 4) is 11.4 Å². The molecule has 0 saturated carbocycles. The Morgan fingerprint density at radius 2 is 1.82 bits per heavy atom. The molecule has 4 nitrogen and oxygen atoms in total. The van der Waals surface area contributed by atoms with E-state index in [-0.39, 0.29) is 0 Å². The summed E-state index contributed by atoms with van der Waals surface area (Å²) in [5, 5.41) is 0. The third-order valence-electron chi connectivity index (χ3n) is 3.83. The fourth-order valence-corrected chi connectivity index (χ4v) is 2.75. The molecule has 1 heterocycles. The van der Waals surface area contributed by atoms with Crippen LogP contribution in [0.4, 0.5) is 5.69 Å². The van der Waals surface area contributed by atoms with Gasteiger partial charge in [0, 0.05) is 12.1 Å². The summed E-state index contributed by atoms with van der Waals surface area (Å²) in [6, 6.07) is 16.3. The number of rotatable bonds is 5. The molecule has 1 aromatic heterocycles. The van der Waals surface area contributed by atoms with E-state index in [2.05, 4.69) is 41.8 Å². The number of nitrogens with two attached hydrogens (primary N) is 1. The molecule has 22 heavy (non-hydrogen) atoms. The van der Waals surface area contributed by atoms with Gasteiger partial charge in [-0.25, -0.2) is 4.98 Å². The zero-order chi connectivity index (χ0) is 15.5. The molecule has 0 aliphatic carbocycles. The fraction of sp³-hybridized carbons (Fsp3) is 0.278. The zero-order valence-corrected chi connectivity index (χ0v) is 13.2. The molecular formula is C18H22N4. The lowest BCUT2D eigenvalue weighted by Crippen LogP contribution is -2.15. The molecule has 0 spiro atoms. The Bertz CT molecular complexity index is 759. The van der Waals surface area contributed by atoms with Gasteiger partial charge in [0.2, 0.25) is 0 Å². The van der Waals surface area contributed by atoms with Gasteiger partial charge in [0.1, 0.15) is 11.3 Å². The van der Waals surface area contributed by atoms with Gasteiger partial charge in [0.25, 0.3) is 0 Å². The molecule has 0 fully saturated rings. The molecule has 3 aromatic rings. The number of imidazole rings is 1. The topological polar surface area (TPSA) is 47.1 Å². The van der Waals surface area contributed by atoms with E-state index in [0.717, 1.165) is 47.6 Å². The summed E-state index contributed by atoms with van der Waals surface area (Å²) in [7, 11) is 4.20. The summed E-state index contributed by atoms with van der Waals surface area (Å²) >= 11 is 0. The van der Waals surface area contributed by atoms with E-state index in [1.54, 1.807) is 0 Å². The van der Waals surface area contributed by atoms with Crippen LogP contribution >= 0.6 is 0 Å². The molecule has 0 bridgehead atoms. The fourth-order valence-electron chi connectivity index (χ4n) is 2.75. The van der Waals surface area contributed by atoms with E-state index in [9.17, 15) is 0 Å². The minimum Gasteiger partial charge on any atom is -0.397 e. The van der Waals surface area contributed by atoms with Crippen LogP contribution in [-0.2, 0) is 6.54 Å². The van der Waals surface area contributed by atoms with E-state index in [4.69, 9.17) is 10.7 Å². The number of anilines is 1. The van der Waals surface area contributed by atoms with Crippen molar-refractivity contribution >= 4 is 16.7 Å². The number of nitrogen functional groups attached to an aromatic ring is 1. The summed E-state index contributed by atoms with van der Waals surface area (Å²) in [6.07, 6.45) is 1.08. The van der Waals surface area contributed by atoms with Crippen molar-refractivity contribution in [1.82, 2.24) is 14.5 Å².